The van der Waals surface area contributed by atoms with Crippen molar-refractivity contribution in [3.8, 4) is 0 Å². The molecule has 3 amide bonds. The summed E-state index contributed by atoms with van der Waals surface area (Å²) in [6.07, 6.45) is 4.08. The van der Waals surface area contributed by atoms with Crippen LogP contribution in [0.1, 0.15) is 46.0 Å². The molecule has 2 unspecified atom stereocenters. The lowest BCUT2D eigenvalue weighted by Crippen LogP contribution is -2.58. The number of rotatable bonds is 5. The first-order chi connectivity index (χ1) is 12.5. The van der Waals surface area contributed by atoms with Gasteiger partial charge >= 0.3 is 0 Å². The van der Waals surface area contributed by atoms with Crippen LogP contribution in [-0.2, 0) is 14.4 Å². The summed E-state index contributed by atoms with van der Waals surface area (Å²) in [5.74, 6) is 0.119. The van der Waals surface area contributed by atoms with Crippen molar-refractivity contribution in [1.29, 1.82) is 0 Å². The zero-order chi connectivity index (χ0) is 18.7. The predicted octanol–water partition coefficient (Wildman–Crippen LogP) is 0.446. The molecule has 3 aliphatic heterocycles. The van der Waals surface area contributed by atoms with E-state index in [1.165, 1.54) is 0 Å². The number of amides is 3. The molecule has 3 saturated heterocycles. The molecule has 0 bridgehead atoms. The molecular weight excluding hydrogens is 332 g/mol. The van der Waals surface area contributed by atoms with Gasteiger partial charge in [-0.3, -0.25) is 14.4 Å². The molecule has 7 nitrogen and oxygen atoms in total. The van der Waals surface area contributed by atoms with Crippen molar-refractivity contribution >= 4 is 17.7 Å². The van der Waals surface area contributed by atoms with E-state index in [9.17, 15) is 14.4 Å². The summed E-state index contributed by atoms with van der Waals surface area (Å²) in [4.78, 5) is 43.3. The minimum Gasteiger partial charge on any atom is -0.340 e. The summed E-state index contributed by atoms with van der Waals surface area (Å²) in [5, 5.41) is 3.10. The van der Waals surface area contributed by atoms with Crippen LogP contribution < -0.4 is 5.32 Å². The van der Waals surface area contributed by atoms with Crippen molar-refractivity contribution < 1.29 is 14.4 Å². The summed E-state index contributed by atoms with van der Waals surface area (Å²) in [5.41, 5.74) is 0. The number of likely N-dealkylation sites (tertiary alicyclic amines) is 2. The molecule has 0 aromatic carbocycles. The highest BCUT2D eigenvalue weighted by molar-refractivity contribution is 5.89. The average Bonchev–Trinajstić information content (AvgIpc) is 3.04. The number of carbonyl (C=O) groups excluding carboxylic acids is 3. The summed E-state index contributed by atoms with van der Waals surface area (Å²) in [6, 6.07) is 0.363. The van der Waals surface area contributed by atoms with Crippen molar-refractivity contribution in [3.63, 3.8) is 0 Å². The Labute approximate surface area is 156 Å². The fourth-order valence-electron chi connectivity index (χ4n) is 4.65. The van der Waals surface area contributed by atoms with Crippen LogP contribution in [0, 0.1) is 5.92 Å². The third kappa shape index (κ3) is 3.87. The molecule has 146 valence electrons. The lowest BCUT2D eigenvalue weighted by molar-refractivity contribution is -0.142. The molecule has 0 spiro atoms. The smallest absolute Gasteiger partial charge is 0.236 e. The van der Waals surface area contributed by atoms with Crippen molar-refractivity contribution in [2.24, 2.45) is 5.92 Å². The fourth-order valence-corrected chi connectivity index (χ4v) is 4.65. The standard InChI is InChI=1S/C19H32N4O3/c1-3-15(4-2)23-12-14(10-17(23)24)19(26)21-8-5-6-16(13-21)22-9-7-20-11-18(22)25/h14-16,20H,3-13H2,1-2H3. The van der Waals surface area contributed by atoms with E-state index in [2.05, 4.69) is 19.2 Å². The number of hydrogen-bond acceptors (Lipinski definition) is 4. The van der Waals surface area contributed by atoms with Gasteiger partial charge in [-0.2, -0.15) is 0 Å². The molecule has 26 heavy (non-hydrogen) atoms. The van der Waals surface area contributed by atoms with Gasteiger partial charge in [-0.25, -0.2) is 0 Å². The Kier molecular flexibility index (Phi) is 6.16. The molecule has 0 aliphatic carbocycles. The minimum atomic E-state index is -0.222. The summed E-state index contributed by atoms with van der Waals surface area (Å²) >= 11 is 0. The van der Waals surface area contributed by atoms with E-state index in [4.69, 9.17) is 0 Å². The maximum atomic E-state index is 13.0. The Morgan fingerprint density at radius 2 is 1.92 bits per heavy atom. The van der Waals surface area contributed by atoms with Crippen LogP contribution in [0.5, 0.6) is 0 Å². The van der Waals surface area contributed by atoms with Crippen molar-refractivity contribution in [2.45, 2.75) is 58.0 Å². The molecule has 0 saturated carbocycles. The van der Waals surface area contributed by atoms with Gasteiger partial charge in [-0.1, -0.05) is 13.8 Å². The largest absolute Gasteiger partial charge is 0.340 e. The van der Waals surface area contributed by atoms with Crippen LogP contribution in [0.15, 0.2) is 0 Å². The highest BCUT2D eigenvalue weighted by Crippen LogP contribution is 2.26. The van der Waals surface area contributed by atoms with E-state index in [1.807, 2.05) is 14.7 Å². The number of piperazine rings is 1. The van der Waals surface area contributed by atoms with Crippen LogP contribution >= 0.6 is 0 Å². The summed E-state index contributed by atoms with van der Waals surface area (Å²) in [7, 11) is 0. The fraction of sp³-hybridized carbons (Fsp3) is 0.842. The van der Waals surface area contributed by atoms with E-state index < -0.39 is 0 Å². The predicted molar refractivity (Wildman–Crippen MR) is 98.4 cm³/mol. The Morgan fingerprint density at radius 3 is 2.62 bits per heavy atom. The van der Waals surface area contributed by atoms with Gasteiger partial charge in [0.2, 0.25) is 17.7 Å². The Morgan fingerprint density at radius 1 is 1.15 bits per heavy atom. The molecule has 3 fully saturated rings. The van der Waals surface area contributed by atoms with Crippen molar-refractivity contribution in [3.05, 3.63) is 0 Å². The van der Waals surface area contributed by atoms with E-state index in [0.717, 1.165) is 45.3 Å². The minimum absolute atomic E-state index is 0.0964. The van der Waals surface area contributed by atoms with E-state index >= 15 is 0 Å². The van der Waals surface area contributed by atoms with Gasteiger partial charge in [0.1, 0.15) is 0 Å². The number of piperidine rings is 1. The number of carbonyl (C=O) groups is 3. The van der Waals surface area contributed by atoms with Crippen LogP contribution in [-0.4, -0.2) is 83.8 Å². The third-order valence-corrected chi connectivity index (χ3v) is 6.17. The molecule has 0 radical (unpaired) electrons. The first-order valence-electron chi connectivity index (χ1n) is 10.1. The topological polar surface area (TPSA) is 73.0 Å². The third-order valence-electron chi connectivity index (χ3n) is 6.17. The molecular formula is C19H32N4O3. The Bertz CT molecular complexity index is 549. The highest BCUT2D eigenvalue weighted by Gasteiger charge is 2.40. The van der Waals surface area contributed by atoms with Gasteiger partial charge in [0.25, 0.3) is 0 Å². The van der Waals surface area contributed by atoms with Crippen LogP contribution in [0.2, 0.25) is 0 Å². The highest BCUT2D eigenvalue weighted by atomic mass is 16.2. The molecule has 1 N–H and O–H groups in total. The van der Waals surface area contributed by atoms with Gasteiger partial charge in [-0.15, -0.1) is 0 Å². The maximum Gasteiger partial charge on any atom is 0.236 e. The van der Waals surface area contributed by atoms with Gasteiger partial charge < -0.3 is 20.0 Å². The van der Waals surface area contributed by atoms with Gasteiger partial charge in [0.05, 0.1) is 12.5 Å². The molecule has 3 rings (SSSR count). The second kappa shape index (κ2) is 8.37. The summed E-state index contributed by atoms with van der Waals surface area (Å²) in [6.45, 7) is 8.02. The average molecular weight is 364 g/mol. The molecule has 7 heteroatoms. The quantitative estimate of drug-likeness (QED) is 0.769. The molecule has 0 aromatic heterocycles. The number of hydrogen-bond donors (Lipinski definition) is 1. The zero-order valence-electron chi connectivity index (χ0n) is 16.1. The van der Waals surface area contributed by atoms with E-state index in [0.29, 0.717) is 26.1 Å². The molecule has 3 heterocycles. The van der Waals surface area contributed by atoms with Gasteiger partial charge in [0.15, 0.2) is 0 Å². The second-order valence-electron chi connectivity index (χ2n) is 7.76. The monoisotopic (exact) mass is 364 g/mol. The van der Waals surface area contributed by atoms with Crippen molar-refractivity contribution in [1.82, 2.24) is 20.0 Å². The SMILES string of the molecule is CCC(CC)N1CC(C(=O)N2CCCC(N3CCNCC3=O)C2)CC1=O. The van der Waals surface area contributed by atoms with Crippen molar-refractivity contribution in [2.75, 3.05) is 39.3 Å². The van der Waals surface area contributed by atoms with Crippen LogP contribution in [0.4, 0.5) is 0 Å². The second-order valence-corrected chi connectivity index (χ2v) is 7.76. The lowest BCUT2D eigenvalue weighted by Gasteiger charge is -2.41. The Balaban J connectivity index is 1.61. The number of nitrogens with one attached hydrogen (secondary N) is 1. The first-order valence-corrected chi connectivity index (χ1v) is 10.1. The summed E-state index contributed by atoms with van der Waals surface area (Å²) < 4.78 is 0. The van der Waals surface area contributed by atoms with Crippen LogP contribution in [0.25, 0.3) is 0 Å². The normalized spacial score (nSPS) is 27.6. The van der Waals surface area contributed by atoms with Gasteiger partial charge in [0, 0.05) is 51.2 Å². The Hall–Kier alpha value is -1.63. The molecule has 0 aromatic rings. The van der Waals surface area contributed by atoms with E-state index in [1.54, 1.807) is 0 Å². The zero-order valence-corrected chi connectivity index (χ0v) is 16.1. The van der Waals surface area contributed by atoms with Gasteiger partial charge in [-0.05, 0) is 25.7 Å². The van der Waals surface area contributed by atoms with Crippen LogP contribution in [0.3, 0.4) is 0 Å². The maximum absolute atomic E-state index is 13.0. The number of nitrogens with zero attached hydrogens (tertiary/aromatic N) is 3. The lowest BCUT2D eigenvalue weighted by atomic mass is 10.00. The first kappa shape index (κ1) is 19.1. The molecule has 2 atom stereocenters. The van der Waals surface area contributed by atoms with E-state index in [-0.39, 0.29) is 35.7 Å². The molecule has 3 aliphatic rings.